The topological polar surface area (TPSA) is 74.3 Å². The van der Waals surface area contributed by atoms with Crippen LogP contribution in [-0.4, -0.2) is 26.9 Å². The molecule has 2 rings (SSSR count). The minimum atomic E-state index is -1.32. The zero-order chi connectivity index (χ0) is 19.2. The summed E-state index contributed by atoms with van der Waals surface area (Å²) in [7, 11) is 0. The molecule has 2 atom stereocenters. The van der Waals surface area contributed by atoms with Gasteiger partial charge in [-0.1, -0.05) is 30.3 Å². The lowest BCUT2D eigenvalue weighted by Gasteiger charge is -2.27. The molecule has 140 valence electrons. The van der Waals surface area contributed by atoms with Gasteiger partial charge in [0.05, 0.1) is 19.1 Å². The molecule has 2 aromatic rings. The van der Waals surface area contributed by atoms with Crippen molar-refractivity contribution in [3.05, 3.63) is 54.4 Å². The van der Waals surface area contributed by atoms with E-state index in [1.807, 2.05) is 57.2 Å². The van der Waals surface area contributed by atoms with Crippen LogP contribution in [0.3, 0.4) is 0 Å². The maximum atomic E-state index is 12.6. The van der Waals surface area contributed by atoms with Crippen LogP contribution in [0.2, 0.25) is 0 Å². The molecule has 0 bridgehead atoms. The molecular formula is C20H26N2O3S. The predicted molar refractivity (Wildman–Crippen MR) is 105 cm³/mol. The van der Waals surface area contributed by atoms with Crippen LogP contribution < -0.4 is 4.72 Å². The number of aromatic nitrogens is 1. The molecule has 0 aliphatic rings. The van der Waals surface area contributed by atoms with Gasteiger partial charge in [0.15, 0.2) is 0 Å². The van der Waals surface area contributed by atoms with Crippen molar-refractivity contribution >= 4 is 17.3 Å². The first-order chi connectivity index (χ1) is 12.3. The van der Waals surface area contributed by atoms with Crippen molar-refractivity contribution in [2.45, 2.75) is 44.9 Å². The first-order valence-electron chi connectivity index (χ1n) is 8.65. The van der Waals surface area contributed by atoms with Crippen LogP contribution in [-0.2, 0) is 20.9 Å². The van der Waals surface area contributed by atoms with Gasteiger partial charge in [-0.05, 0) is 44.9 Å². The summed E-state index contributed by atoms with van der Waals surface area (Å²) >= 11 is -1.32. The van der Waals surface area contributed by atoms with Crippen molar-refractivity contribution < 1.29 is 14.1 Å². The second-order valence-corrected chi connectivity index (χ2v) is 8.93. The number of nitrogens with one attached hydrogen (secondary N) is 1. The van der Waals surface area contributed by atoms with E-state index in [9.17, 15) is 9.35 Å². The van der Waals surface area contributed by atoms with E-state index in [-0.39, 0.29) is 12.4 Å². The minimum Gasteiger partial charge on any atom is -0.598 e. The summed E-state index contributed by atoms with van der Waals surface area (Å²) in [6, 6.07) is 11.4. The highest BCUT2D eigenvalue weighted by Crippen LogP contribution is 2.26. The summed E-state index contributed by atoms with van der Waals surface area (Å²) in [5, 5.41) is 0. The fourth-order valence-electron chi connectivity index (χ4n) is 2.36. The van der Waals surface area contributed by atoms with Gasteiger partial charge in [0.2, 0.25) is 0 Å². The van der Waals surface area contributed by atoms with Gasteiger partial charge in [-0.2, -0.15) is 0 Å². The molecule has 5 nitrogen and oxygen atoms in total. The van der Waals surface area contributed by atoms with Crippen molar-refractivity contribution in [1.29, 1.82) is 0 Å². The second-order valence-electron chi connectivity index (χ2n) is 6.93. The van der Waals surface area contributed by atoms with Crippen LogP contribution in [0, 0.1) is 0 Å². The number of hydrogen-bond donors (Lipinski definition) is 1. The van der Waals surface area contributed by atoms with E-state index < -0.39 is 22.2 Å². The molecule has 0 spiro atoms. The van der Waals surface area contributed by atoms with Gasteiger partial charge in [-0.25, -0.2) is 0 Å². The smallest absolute Gasteiger partial charge is 0.307 e. The molecule has 26 heavy (non-hydrogen) atoms. The van der Waals surface area contributed by atoms with Crippen LogP contribution in [0.1, 0.15) is 45.7 Å². The van der Waals surface area contributed by atoms with Gasteiger partial charge in [0, 0.05) is 29.3 Å². The first-order valence-corrected chi connectivity index (χ1v) is 9.80. The third kappa shape index (κ3) is 5.83. The van der Waals surface area contributed by atoms with Crippen molar-refractivity contribution in [3.63, 3.8) is 0 Å². The van der Waals surface area contributed by atoms with Crippen LogP contribution in [0.5, 0.6) is 0 Å². The van der Waals surface area contributed by atoms with E-state index in [0.717, 1.165) is 16.7 Å². The van der Waals surface area contributed by atoms with Crippen LogP contribution >= 0.6 is 0 Å². The third-order valence-corrected chi connectivity index (χ3v) is 5.36. The van der Waals surface area contributed by atoms with Gasteiger partial charge < -0.3 is 9.29 Å². The Balaban J connectivity index is 2.30. The maximum Gasteiger partial charge on any atom is 0.307 e. The van der Waals surface area contributed by atoms with E-state index in [2.05, 4.69) is 9.71 Å². The molecule has 0 saturated carbocycles. The molecule has 0 saturated heterocycles. The number of hydrogen-bond acceptors (Lipinski definition) is 5. The summed E-state index contributed by atoms with van der Waals surface area (Å²) in [4.78, 5) is 16.3. The number of ether oxygens (including phenoxy) is 1. The number of rotatable bonds is 7. The quantitative estimate of drug-likeness (QED) is 0.589. The zero-order valence-corrected chi connectivity index (χ0v) is 16.5. The molecule has 1 heterocycles. The molecule has 0 aliphatic carbocycles. The number of pyridine rings is 1. The van der Waals surface area contributed by atoms with E-state index >= 15 is 0 Å². The van der Waals surface area contributed by atoms with Crippen molar-refractivity contribution in [1.82, 2.24) is 9.71 Å². The van der Waals surface area contributed by atoms with Gasteiger partial charge in [0.1, 0.15) is 4.75 Å². The summed E-state index contributed by atoms with van der Waals surface area (Å²) in [6.45, 7) is 7.74. The fourth-order valence-corrected chi connectivity index (χ4v) is 3.19. The number of benzene rings is 1. The first kappa shape index (κ1) is 20.4. The fraction of sp³-hybridized carbons (Fsp3) is 0.400. The highest BCUT2D eigenvalue weighted by Gasteiger charge is 2.31. The molecular weight excluding hydrogens is 348 g/mol. The number of esters is 1. The normalized spacial score (nSPS) is 13.9. The van der Waals surface area contributed by atoms with E-state index in [1.165, 1.54) is 0 Å². The highest BCUT2D eigenvalue weighted by atomic mass is 32.2. The van der Waals surface area contributed by atoms with Crippen molar-refractivity contribution in [3.8, 4) is 11.1 Å². The number of carbonyl (C=O) groups is 1. The van der Waals surface area contributed by atoms with Crippen LogP contribution in [0.4, 0.5) is 0 Å². The Morgan fingerprint density at radius 1 is 1.23 bits per heavy atom. The highest BCUT2D eigenvalue weighted by molar-refractivity contribution is 7.90. The summed E-state index contributed by atoms with van der Waals surface area (Å²) in [6.07, 6.45) is 3.57. The van der Waals surface area contributed by atoms with Crippen molar-refractivity contribution in [2.75, 3.05) is 6.61 Å². The van der Waals surface area contributed by atoms with Gasteiger partial charge in [-0.3, -0.25) is 9.78 Å². The molecule has 0 radical (unpaired) electrons. The van der Waals surface area contributed by atoms with Gasteiger partial charge in [-0.15, -0.1) is 4.72 Å². The van der Waals surface area contributed by atoms with Crippen molar-refractivity contribution in [2.24, 2.45) is 0 Å². The zero-order valence-electron chi connectivity index (χ0n) is 15.7. The lowest BCUT2D eigenvalue weighted by molar-refractivity contribution is -0.143. The Morgan fingerprint density at radius 3 is 2.54 bits per heavy atom. The molecule has 0 aliphatic heterocycles. The maximum absolute atomic E-state index is 12.6. The average Bonchev–Trinajstić information content (AvgIpc) is 2.61. The summed E-state index contributed by atoms with van der Waals surface area (Å²) in [5.74, 6) is -0.332. The molecule has 1 aromatic heterocycles. The Labute approximate surface area is 158 Å². The second kappa shape index (κ2) is 9.16. The van der Waals surface area contributed by atoms with E-state index in [1.54, 1.807) is 19.3 Å². The average molecular weight is 375 g/mol. The largest absolute Gasteiger partial charge is 0.598 e. The van der Waals surface area contributed by atoms with Gasteiger partial charge in [0.25, 0.3) is 0 Å². The molecule has 6 heteroatoms. The molecule has 1 unspecified atom stereocenters. The van der Waals surface area contributed by atoms with Crippen LogP contribution in [0.15, 0.2) is 48.8 Å². The molecule has 1 N–H and O–H groups in total. The Bertz CT molecular complexity index is 716. The Hall–Kier alpha value is -1.89. The van der Waals surface area contributed by atoms with Gasteiger partial charge >= 0.3 is 5.97 Å². The Morgan fingerprint density at radius 2 is 1.92 bits per heavy atom. The molecule has 0 fully saturated rings. The minimum absolute atomic E-state index is 0.0928. The SMILES string of the molecule is CCOC(=O)C[C@H](N[S+]([O-])C(C)(C)C)c1cncc(-c2ccccc2)c1. The van der Waals surface area contributed by atoms with E-state index in [0.29, 0.717) is 6.61 Å². The third-order valence-electron chi connectivity index (χ3n) is 3.75. The van der Waals surface area contributed by atoms with E-state index in [4.69, 9.17) is 4.74 Å². The number of nitrogens with zero attached hydrogens (tertiary/aromatic N) is 1. The monoisotopic (exact) mass is 374 g/mol. The lowest BCUT2D eigenvalue weighted by atomic mass is 10.0. The van der Waals surface area contributed by atoms with Crippen LogP contribution in [0.25, 0.3) is 11.1 Å². The Kier molecular flexibility index (Phi) is 7.20. The lowest BCUT2D eigenvalue weighted by Crippen LogP contribution is -2.42. The summed E-state index contributed by atoms with van der Waals surface area (Å²) in [5.41, 5.74) is 2.78. The summed E-state index contributed by atoms with van der Waals surface area (Å²) < 4.78 is 20.3. The standard InChI is InChI=1S/C20H26N2O3S/c1-5-25-19(23)12-18(22-26(24)20(2,3)4)17-11-16(13-21-14-17)15-9-7-6-8-10-15/h6-11,13-14,18,22H,5,12H2,1-4H3/t18-,26?/m0/s1. The molecule has 1 aromatic carbocycles. The molecule has 0 amide bonds. The number of carbonyl (C=O) groups excluding carboxylic acids is 1. The predicted octanol–water partition coefficient (Wildman–Crippen LogP) is 3.79.